The van der Waals surface area contributed by atoms with E-state index in [1.54, 1.807) is 13.2 Å². The molecule has 0 aromatic heterocycles. The number of amides is 1. The van der Waals surface area contributed by atoms with Crippen LogP contribution < -0.4 is 10.1 Å². The van der Waals surface area contributed by atoms with Crippen LogP contribution in [0.5, 0.6) is 5.75 Å². The SMILES string of the molecule is COc1ccc(CC(=O)N2CCNCC2c2cccc(F)c2)cc1.Cl. The molecular formula is C19H22ClFN2O2. The molecule has 0 radical (unpaired) electrons. The zero-order chi connectivity index (χ0) is 16.9. The zero-order valence-corrected chi connectivity index (χ0v) is 14.9. The average Bonchev–Trinajstić information content (AvgIpc) is 2.62. The number of nitrogens with one attached hydrogen (secondary N) is 1. The Labute approximate surface area is 153 Å². The molecular weight excluding hydrogens is 343 g/mol. The summed E-state index contributed by atoms with van der Waals surface area (Å²) >= 11 is 0. The van der Waals surface area contributed by atoms with E-state index in [-0.39, 0.29) is 30.2 Å². The summed E-state index contributed by atoms with van der Waals surface area (Å²) in [5.74, 6) is 0.544. The van der Waals surface area contributed by atoms with Crippen molar-refractivity contribution in [2.24, 2.45) is 0 Å². The lowest BCUT2D eigenvalue weighted by molar-refractivity contribution is -0.133. The summed E-state index contributed by atoms with van der Waals surface area (Å²) in [6, 6.07) is 13.8. The van der Waals surface area contributed by atoms with Crippen molar-refractivity contribution in [1.82, 2.24) is 10.2 Å². The van der Waals surface area contributed by atoms with E-state index in [4.69, 9.17) is 4.74 Å². The maximum absolute atomic E-state index is 13.5. The largest absolute Gasteiger partial charge is 0.497 e. The van der Waals surface area contributed by atoms with Crippen molar-refractivity contribution in [2.75, 3.05) is 26.7 Å². The van der Waals surface area contributed by atoms with Crippen molar-refractivity contribution >= 4 is 18.3 Å². The third-order valence-electron chi connectivity index (χ3n) is 4.31. The standard InChI is InChI=1S/C19H21FN2O2.ClH/c1-24-17-7-5-14(6-8-17)11-19(23)22-10-9-21-13-18(22)15-3-2-4-16(20)12-15;/h2-8,12,18,21H,9-11,13H2,1H3;1H. The summed E-state index contributed by atoms with van der Waals surface area (Å²) in [4.78, 5) is 14.6. The zero-order valence-electron chi connectivity index (χ0n) is 14.1. The van der Waals surface area contributed by atoms with E-state index in [0.717, 1.165) is 23.4 Å². The van der Waals surface area contributed by atoms with Crippen molar-refractivity contribution in [3.8, 4) is 5.75 Å². The summed E-state index contributed by atoms with van der Waals surface area (Å²) in [6.07, 6.45) is 0.329. The first-order valence-electron chi connectivity index (χ1n) is 8.06. The molecule has 1 aliphatic heterocycles. The van der Waals surface area contributed by atoms with E-state index in [2.05, 4.69) is 5.32 Å². The smallest absolute Gasteiger partial charge is 0.227 e. The highest BCUT2D eigenvalue weighted by atomic mass is 35.5. The van der Waals surface area contributed by atoms with Gasteiger partial charge >= 0.3 is 0 Å². The molecule has 1 amide bonds. The lowest BCUT2D eigenvalue weighted by Crippen LogP contribution is -2.49. The molecule has 1 atom stereocenters. The van der Waals surface area contributed by atoms with Gasteiger partial charge < -0.3 is 15.0 Å². The molecule has 25 heavy (non-hydrogen) atoms. The Morgan fingerprint density at radius 1 is 1.28 bits per heavy atom. The van der Waals surface area contributed by atoms with Crippen LogP contribution in [0.4, 0.5) is 4.39 Å². The van der Waals surface area contributed by atoms with E-state index in [1.807, 2.05) is 35.2 Å². The van der Waals surface area contributed by atoms with Crippen LogP contribution in [0.2, 0.25) is 0 Å². The van der Waals surface area contributed by atoms with Crippen LogP contribution in [0.1, 0.15) is 17.2 Å². The Bertz CT molecular complexity index is 709. The Morgan fingerprint density at radius 3 is 2.72 bits per heavy atom. The van der Waals surface area contributed by atoms with Crippen LogP contribution in [-0.2, 0) is 11.2 Å². The second-order valence-electron chi connectivity index (χ2n) is 5.89. The molecule has 1 saturated heterocycles. The Morgan fingerprint density at radius 2 is 2.04 bits per heavy atom. The molecule has 1 heterocycles. The van der Waals surface area contributed by atoms with Crippen molar-refractivity contribution in [3.63, 3.8) is 0 Å². The molecule has 134 valence electrons. The quantitative estimate of drug-likeness (QED) is 0.906. The molecule has 1 fully saturated rings. The van der Waals surface area contributed by atoms with E-state index in [1.165, 1.54) is 12.1 Å². The number of nitrogens with zero attached hydrogens (tertiary/aromatic N) is 1. The van der Waals surface area contributed by atoms with Gasteiger partial charge in [-0.05, 0) is 35.4 Å². The van der Waals surface area contributed by atoms with Crippen LogP contribution in [0.15, 0.2) is 48.5 Å². The number of piperazine rings is 1. The molecule has 0 aliphatic carbocycles. The predicted molar refractivity (Wildman–Crippen MR) is 97.7 cm³/mol. The summed E-state index contributed by atoms with van der Waals surface area (Å²) in [5.41, 5.74) is 1.77. The maximum atomic E-state index is 13.5. The van der Waals surface area contributed by atoms with Gasteiger partial charge in [-0.2, -0.15) is 0 Å². The van der Waals surface area contributed by atoms with Crippen molar-refractivity contribution in [1.29, 1.82) is 0 Å². The Hall–Kier alpha value is -2.11. The third kappa shape index (κ3) is 4.71. The van der Waals surface area contributed by atoms with Gasteiger partial charge in [-0.25, -0.2) is 4.39 Å². The first-order valence-corrected chi connectivity index (χ1v) is 8.06. The van der Waals surface area contributed by atoms with Crippen LogP contribution in [0.25, 0.3) is 0 Å². The number of ether oxygens (including phenoxy) is 1. The number of carbonyl (C=O) groups excluding carboxylic acids is 1. The number of hydrogen-bond acceptors (Lipinski definition) is 3. The Kier molecular flexibility index (Phi) is 6.79. The molecule has 2 aromatic carbocycles. The van der Waals surface area contributed by atoms with Gasteiger partial charge in [0.15, 0.2) is 0 Å². The van der Waals surface area contributed by atoms with Crippen LogP contribution in [-0.4, -0.2) is 37.6 Å². The molecule has 1 unspecified atom stereocenters. The average molecular weight is 365 g/mol. The fraction of sp³-hybridized carbons (Fsp3) is 0.316. The summed E-state index contributed by atoms with van der Waals surface area (Å²) in [7, 11) is 1.62. The van der Waals surface area contributed by atoms with Crippen LogP contribution >= 0.6 is 12.4 Å². The van der Waals surface area contributed by atoms with E-state index in [9.17, 15) is 9.18 Å². The van der Waals surface area contributed by atoms with Crippen molar-refractivity contribution < 1.29 is 13.9 Å². The topological polar surface area (TPSA) is 41.6 Å². The molecule has 3 rings (SSSR count). The highest BCUT2D eigenvalue weighted by Crippen LogP contribution is 2.24. The molecule has 4 nitrogen and oxygen atoms in total. The minimum absolute atomic E-state index is 0. The van der Waals surface area contributed by atoms with Crippen LogP contribution in [0.3, 0.4) is 0 Å². The monoisotopic (exact) mass is 364 g/mol. The third-order valence-corrected chi connectivity index (χ3v) is 4.31. The minimum atomic E-state index is -0.277. The number of hydrogen-bond donors (Lipinski definition) is 1. The van der Waals surface area contributed by atoms with Gasteiger partial charge in [0.2, 0.25) is 5.91 Å². The minimum Gasteiger partial charge on any atom is -0.497 e. The van der Waals surface area contributed by atoms with Gasteiger partial charge in [0.05, 0.1) is 19.6 Å². The summed E-state index contributed by atoms with van der Waals surface area (Å²) in [6.45, 7) is 2.01. The Balaban J connectivity index is 0.00000225. The second-order valence-corrected chi connectivity index (χ2v) is 5.89. The fourth-order valence-corrected chi connectivity index (χ4v) is 3.03. The number of benzene rings is 2. The number of halogens is 2. The first kappa shape index (κ1) is 19.2. The molecule has 0 saturated carbocycles. The fourth-order valence-electron chi connectivity index (χ4n) is 3.03. The molecule has 1 aliphatic rings. The van der Waals surface area contributed by atoms with E-state index >= 15 is 0 Å². The highest BCUT2D eigenvalue weighted by molar-refractivity contribution is 5.85. The normalized spacial score (nSPS) is 16.9. The maximum Gasteiger partial charge on any atom is 0.227 e. The van der Waals surface area contributed by atoms with E-state index < -0.39 is 0 Å². The lowest BCUT2D eigenvalue weighted by Gasteiger charge is -2.36. The molecule has 6 heteroatoms. The van der Waals surface area contributed by atoms with Crippen molar-refractivity contribution in [2.45, 2.75) is 12.5 Å². The van der Waals surface area contributed by atoms with Gasteiger partial charge in [-0.3, -0.25) is 4.79 Å². The van der Waals surface area contributed by atoms with Gasteiger partial charge in [-0.1, -0.05) is 24.3 Å². The lowest BCUT2D eigenvalue weighted by atomic mass is 10.0. The van der Waals surface area contributed by atoms with Gasteiger partial charge in [-0.15, -0.1) is 12.4 Å². The van der Waals surface area contributed by atoms with E-state index in [0.29, 0.717) is 19.5 Å². The van der Waals surface area contributed by atoms with Crippen molar-refractivity contribution in [3.05, 3.63) is 65.5 Å². The first-order chi connectivity index (χ1) is 11.7. The molecule has 2 aromatic rings. The van der Waals surface area contributed by atoms with Gasteiger partial charge in [0.25, 0.3) is 0 Å². The van der Waals surface area contributed by atoms with Gasteiger partial charge in [0, 0.05) is 19.6 Å². The molecule has 1 N–H and O–H groups in total. The van der Waals surface area contributed by atoms with Crippen LogP contribution in [0, 0.1) is 5.82 Å². The number of rotatable bonds is 4. The van der Waals surface area contributed by atoms with Gasteiger partial charge in [0.1, 0.15) is 11.6 Å². The number of methoxy groups -OCH3 is 1. The summed E-state index contributed by atoms with van der Waals surface area (Å²) in [5, 5.41) is 3.28. The summed E-state index contributed by atoms with van der Waals surface area (Å²) < 4.78 is 18.7. The molecule has 0 spiro atoms. The molecule has 0 bridgehead atoms. The highest BCUT2D eigenvalue weighted by Gasteiger charge is 2.27. The predicted octanol–water partition coefficient (Wildman–Crippen LogP) is 2.97. The second kappa shape index (κ2) is 8.83. The number of carbonyl (C=O) groups is 1.